The fourth-order valence-corrected chi connectivity index (χ4v) is 3.52. The van der Waals surface area contributed by atoms with Gasteiger partial charge in [-0.05, 0) is 27.4 Å². The van der Waals surface area contributed by atoms with Crippen LogP contribution in [0.25, 0.3) is 0 Å². The SMILES string of the molecule is COC1=C(C(C)(C)C)[C@@H](C#N)C(C(C)(C)C)=C[C@]1(C#N)C(C)(C)C. The van der Waals surface area contributed by atoms with Gasteiger partial charge in [0, 0.05) is 0 Å². The van der Waals surface area contributed by atoms with E-state index in [2.05, 4.69) is 74.5 Å². The summed E-state index contributed by atoms with van der Waals surface area (Å²) in [6, 6.07) is 5.02. The average Bonchev–Trinajstić information content (AvgIpc) is 2.41. The van der Waals surface area contributed by atoms with Crippen LogP contribution in [0.15, 0.2) is 23.0 Å². The van der Waals surface area contributed by atoms with Crippen LogP contribution in [0.4, 0.5) is 0 Å². The van der Waals surface area contributed by atoms with Crippen LogP contribution in [-0.2, 0) is 4.74 Å². The van der Waals surface area contributed by atoms with Gasteiger partial charge in [0.25, 0.3) is 0 Å². The lowest BCUT2D eigenvalue weighted by atomic mass is 9.55. The van der Waals surface area contributed by atoms with Crippen molar-refractivity contribution in [2.75, 3.05) is 7.11 Å². The van der Waals surface area contributed by atoms with E-state index in [9.17, 15) is 10.5 Å². The van der Waals surface area contributed by atoms with E-state index in [-0.39, 0.29) is 22.2 Å². The zero-order valence-corrected chi connectivity index (χ0v) is 17.0. The van der Waals surface area contributed by atoms with Crippen molar-refractivity contribution in [2.24, 2.45) is 27.6 Å². The summed E-state index contributed by atoms with van der Waals surface area (Å²) in [5.74, 6) is 0.272. The number of allylic oxidation sites excluding steroid dienone is 3. The standard InChI is InChI=1S/C21H32N2O/c1-18(2,3)15-11-21(13-23,20(7,8)9)17(24-10)16(14(15)12-22)19(4,5)6/h11,14H,1-10H3/t14-,21+/m0/s1. The van der Waals surface area contributed by atoms with E-state index in [0.29, 0.717) is 5.76 Å². The molecule has 0 aromatic heterocycles. The Labute approximate surface area is 148 Å². The van der Waals surface area contributed by atoms with Crippen LogP contribution < -0.4 is 0 Å². The molecule has 3 heteroatoms. The Hall–Kier alpha value is -1.74. The minimum Gasteiger partial charge on any atom is -0.499 e. The predicted octanol–water partition coefficient (Wildman–Crippen LogP) is 5.61. The first-order valence-corrected chi connectivity index (χ1v) is 8.50. The van der Waals surface area contributed by atoms with Crippen molar-refractivity contribution in [3.63, 3.8) is 0 Å². The molecule has 0 heterocycles. The minimum atomic E-state index is -0.889. The lowest BCUT2D eigenvalue weighted by molar-refractivity contribution is 0.125. The van der Waals surface area contributed by atoms with Gasteiger partial charge < -0.3 is 4.74 Å². The molecular weight excluding hydrogens is 296 g/mol. The van der Waals surface area contributed by atoms with Crippen molar-refractivity contribution in [2.45, 2.75) is 62.3 Å². The van der Waals surface area contributed by atoms with E-state index in [1.165, 1.54) is 0 Å². The average molecular weight is 329 g/mol. The van der Waals surface area contributed by atoms with E-state index in [0.717, 1.165) is 11.1 Å². The molecule has 0 unspecified atom stereocenters. The summed E-state index contributed by atoms with van der Waals surface area (Å²) in [6.07, 6.45) is 2.01. The van der Waals surface area contributed by atoms with Gasteiger partial charge in [-0.2, -0.15) is 10.5 Å². The summed E-state index contributed by atoms with van der Waals surface area (Å²) < 4.78 is 5.82. The first kappa shape index (κ1) is 20.3. The molecular formula is C21H32N2O. The van der Waals surface area contributed by atoms with E-state index in [1.807, 2.05) is 6.08 Å². The third-order valence-electron chi connectivity index (χ3n) is 4.94. The molecule has 2 atom stereocenters. The Bertz CT molecular complexity index is 648. The minimum absolute atomic E-state index is 0.205. The van der Waals surface area contributed by atoms with Gasteiger partial charge in [0.2, 0.25) is 0 Å². The second kappa shape index (κ2) is 5.96. The molecule has 0 fully saturated rings. The van der Waals surface area contributed by atoms with Crippen LogP contribution in [0, 0.1) is 50.2 Å². The summed E-state index contributed by atoms with van der Waals surface area (Å²) in [5.41, 5.74) is 0.206. The summed E-state index contributed by atoms with van der Waals surface area (Å²) >= 11 is 0. The lowest BCUT2D eigenvalue weighted by Crippen LogP contribution is -2.43. The van der Waals surface area contributed by atoms with Crippen LogP contribution in [0.2, 0.25) is 0 Å². The van der Waals surface area contributed by atoms with E-state index < -0.39 is 5.41 Å². The molecule has 0 spiro atoms. The second-order valence-corrected chi connectivity index (χ2v) is 9.78. The van der Waals surface area contributed by atoms with Gasteiger partial charge >= 0.3 is 0 Å². The van der Waals surface area contributed by atoms with Gasteiger partial charge in [0.15, 0.2) is 0 Å². The zero-order valence-electron chi connectivity index (χ0n) is 17.0. The molecule has 1 aliphatic carbocycles. The van der Waals surface area contributed by atoms with Gasteiger partial charge in [-0.15, -0.1) is 0 Å². The van der Waals surface area contributed by atoms with Crippen molar-refractivity contribution >= 4 is 0 Å². The number of nitriles is 2. The highest BCUT2D eigenvalue weighted by molar-refractivity contribution is 5.49. The fourth-order valence-electron chi connectivity index (χ4n) is 3.52. The van der Waals surface area contributed by atoms with Gasteiger partial charge in [-0.25, -0.2) is 0 Å². The second-order valence-electron chi connectivity index (χ2n) is 9.78. The van der Waals surface area contributed by atoms with Crippen molar-refractivity contribution in [1.82, 2.24) is 0 Å². The molecule has 0 amide bonds. The number of ether oxygens (including phenoxy) is 1. The highest BCUT2D eigenvalue weighted by Crippen LogP contribution is 2.57. The molecule has 24 heavy (non-hydrogen) atoms. The Morgan fingerprint density at radius 2 is 1.46 bits per heavy atom. The Morgan fingerprint density at radius 3 is 1.71 bits per heavy atom. The molecule has 0 aromatic rings. The summed E-state index contributed by atoms with van der Waals surface area (Å²) in [7, 11) is 1.61. The molecule has 132 valence electrons. The first-order valence-electron chi connectivity index (χ1n) is 8.50. The third kappa shape index (κ3) is 3.10. The summed E-state index contributed by atoms with van der Waals surface area (Å²) in [6.45, 7) is 18.7. The molecule has 3 nitrogen and oxygen atoms in total. The van der Waals surface area contributed by atoms with Gasteiger partial charge in [-0.1, -0.05) is 68.4 Å². The molecule has 0 radical (unpaired) electrons. The molecule has 0 saturated heterocycles. The predicted molar refractivity (Wildman–Crippen MR) is 97.6 cm³/mol. The number of nitrogens with zero attached hydrogens (tertiary/aromatic N) is 2. The quantitative estimate of drug-likeness (QED) is 0.587. The largest absolute Gasteiger partial charge is 0.499 e. The van der Waals surface area contributed by atoms with Crippen LogP contribution in [-0.4, -0.2) is 7.11 Å². The maximum absolute atomic E-state index is 10.2. The van der Waals surface area contributed by atoms with Crippen LogP contribution in [0.3, 0.4) is 0 Å². The van der Waals surface area contributed by atoms with Gasteiger partial charge in [0.1, 0.15) is 11.2 Å². The maximum atomic E-state index is 10.2. The van der Waals surface area contributed by atoms with Gasteiger partial charge in [-0.3, -0.25) is 0 Å². The topological polar surface area (TPSA) is 56.8 Å². The molecule has 0 saturated carbocycles. The number of methoxy groups -OCH3 is 1. The zero-order chi connectivity index (χ0) is 19.1. The highest BCUT2D eigenvalue weighted by Gasteiger charge is 2.53. The summed E-state index contributed by atoms with van der Waals surface area (Å²) in [4.78, 5) is 0. The van der Waals surface area contributed by atoms with Crippen LogP contribution in [0.1, 0.15) is 62.3 Å². The van der Waals surface area contributed by atoms with Crippen molar-refractivity contribution in [1.29, 1.82) is 10.5 Å². The molecule has 0 aromatic carbocycles. The Balaban J connectivity index is 4.05. The van der Waals surface area contributed by atoms with E-state index in [4.69, 9.17) is 4.74 Å². The van der Waals surface area contributed by atoms with E-state index >= 15 is 0 Å². The smallest absolute Gasteiger partial charge is 0.137 e. The number of hydrogen-bond donors (Lipinski definition) is 0. The molecule has 1 rings (SSSR count). The molecule has 0 N–H and O–H groups in total. The molecule has 0 bridgehead atoms. The van der Waals surface area contributed by atoms with E-state index in [1.54, 1.807) is 7.11 Å². The number of rotatable bonds is 1. The highest BCUT2D eigenvalue weighted by atomic mass is 16.5. The van der Waals surface area contributed by atoms with Crippen molar-refractivity contribution in [3.05, 3.63) is 23.0 Å². The van der Waals surface area contributed by atoms with Gasteiger partial charge in [0.05, 0.1) is 25.2 Å². The van der Waals surface area contributed by atoms with Crippen molar-refractivity contribution < 1.29 is 4.74 Å². The summed E-state index contributed by atoms with van der Waals surface area (Å²) in [5, 5.41) is 20.2. The van der Waals surface area contributed by atoms with Crippen LogP contribution in [0.5, 0.6) is 0 Å². The molecule has 1 aliphatic rings. The Kier molecular flexibility index (Phi) is 5.04. The fraction of sp³-hybridized carbons (Fsp3) is 0.714. The normalized spacial score (nSPS) is 25.7. The third-order valence-corrected chi connectivity index (χ3v) is 4.94. The molecule has 0 aliphatic heterocycles. The monoisotopic (exact) mass is 328 g/mol. The first-order chi connectivity index (χ1) is 10.7. The Morgan fingerprint density at radius 1 is 0.958 bits per heavy atom. The maximum Gasteiger partial charge on any atom is 0.137 e. The number of hydrogen-bond acceptors (Lipinski definition) is 3. The van der Waals surface area contributed by atoms with Crippen molar-refractivity contribution in [3.8, 4) is 12.1 Å². The van der Waals surface area contributed by atoms with Crippen LogP contribution >= 0.6 is 0 Å². The lowest BCUT2D eigenvalue weighted by Gasteiger charge is -2.47.